The Morgan fingerprint density at radius 2 is 2.03 bits per heavy atom. The number of likely N-dealkylation sites (tertiary alicyclic amines) is 1. The highest BCUT2D eigenvalue weighted by Crippen LogP contribution is 2.41. The van der Waals surface area contributed by atoms with Gasteiger partial charge in [-0.15, -0.1) is 0 Å². The molecule has 0 radical (unpaired) electrons. The molecule has 0 bridgehead atoms. The molecule has 162 valence electrons. The zero-order valence-corrected chi connectivity index (χ0v) is 18.0. The third-order valence-corrected chi connectivity index (χ3v) is 7.05. The van der Waals surface area contributed by atoms with Crippen molar-refractivity contribution in [3.8, 4) is 0 Å². The lowest BCUT2D eigenvalue weighted by atomic mass is 9.89. The van der Waals surface area contributed by atoms with Crippen LogP contribution in [0.1, 0.15) is 37.8 Å². The van der Waals surface area contributed by atoms with Crippen LogP contribution in [0.25, 0.3) is 11.0 Å². The number of nitrogens with one attached hydrogen (secondary N) is 1. The fourth-order valence-corrected chi connectivity index (χ4v) is 5.31. The van der Waals surface area contributed by atoms with Crippen LogP contribution in [0.3, 0.4) is 0 Å². The third-order valence-electron chi connectivity index (χ3n) is 6.73. The maximum atomic E-state index is 13.5. The average Bonchev–Trinajstić information content (AvgIpc) is 3.35. The summed E-state index contributed by atoms with van der Waals surface area (Å²) in [6, 6.07) is 11.9. The summed E-state index contributed by atoms with van der Waals surface area (Å²) in [6.07, 6.45) is 2.53. The van der Waals surface area contributed by atoms with Gasteiger partial charge in [0.2, 0.25) is 0 Å². The predicted octanol–water partition coefficient (Wildman–Crippen LogP) is 5.14. The molecule has 0 saturated carbocycles. The fourth-order valence-electron chi connectivity index (χ4n) is 5.09. The van der Waals surface area contributed by atoms with E-state index in [9.17, 15) is 9.18 Å². The lowest BCUT2D eigenvalue weighted by Crippen LogP contribution is -2.61. The van der Waals surface area contributed by atoms with Crippen LogP contribution in [0, 0.1) is 5.82 Å². The molecule has 3 aromatic rings. The van der Waals surface area contributed by atoms with E-state index in [1.54, 1.807) is 6.07 Å². The van der Waals surface area contributed by atoms with Crippen molar-refractivity contribution in [2.24, 2.45) is 0 Å². The first-order chi connectivity index (χ1) is 15.0. The first-order valence-electron chi connectivity index (χ1n) is 10.7. The molecule has 2 aliphatic rings. The second-order valence-corrected chi connectivity index (χ2v) is 8.66. The summed E-state index contributed by atoms with van der Waals surface area (Å²) in [5.74, 6) is -0.0938. The molecule has 5 rings (SSSR count). The lowest BCUT2D eigenvalue weighted by molar-refractivity contribution is 0.0731. The quantitative estimate of drug-likeness (QED) is 0.608. The Morgan fingerprint density at radius 3 is 2.77 bits per heavy atom. The number of hydrogen-bond donors (Lipinski definition) is 1. The molecule has 2 aromatic carbocycles. The molecule has 1 N–H and O–H groups in total. The van der Waals surface area contributed by atoms with Gasteiger partial charge in [-0.1, -0.05) is 35.8 Å². The number of carbonyl (C=O) groups excluding carboxylic acids is 1. The third kappa shape index (κ3) is 3.27. The molecule has 0 spiro atoms. The van der Waals surface area contributed by atoms with E-state index in [4.69, 9.17) is 16.1 Å². The van der Waals surface area contributed by atoms with Crippen molar-refractivity contribution < 1.29 is 13.7 Å². The van der Waals surface area contributed by atoms with E-state index < -0.39 is 5.66 Å². The highest BCUT2D eigenvalue weighted by atomic mass is 35.5. The monoisotopic (exact) mass is 442 g/mol. The highest BCUT2D eigenvalue weighted by molar-refractivity contribution is 6.33. The summed E-state index contributed by atoms with van der Waals surface area (Å²) >= 11 is 6.46. The molecule has 3 heterocycles. The van der Waals surface area contributed by atoms with Crippen LogP contribution in [-0.4, -0.2) is 41.4 Å². The second kappa shape index (κ2) is 7.80. The number of hydrogen-bond acceptors (Lipinski definition) is 4. The molecular weight excluding hydrogens is 419 g/mol. The van der Waals surface area contributed by atoms with Crippen LogP contribution in [0.2, 0.25) is 5.02 Å². The van der Waals surface area contributed by atoms with Gasteiger partial charge in [-0.2, -0.15) is 0 Å². The number of rotatable bonds is 4. The molecule has 1 atom stereocenters. The summed E-state index contributed by atoms with van der Waals surface area (Å²) in [4.78, 5) is 17.1. The fraction of sp³-hybridized carbons (Fsp3) is 0.391. The number of amides is 2. The van der Waals surface area contributed by atoms with E-state index in [2.05, 4.69) is 22.3 Å². The minimum Gasteiger partial charge on any atom is -0.356 e. The zero-order valence-electron chi connectivity index (χ0n) is 17.3. The van der Waals surface area contributed by atoms with Gasteiger partial charge in [0.25, 0.3) is 0 Å². The second-order valence-electron chi connectivity index (χ2n) is 8.25. The van der Waals surface area contributed by atoms with Crippen LogP contribution in [-0.2, 0) is 0 Å². The van der Waals surface area contributed by atoms with E-state index >= 15 is 0 Å². The Morgan fingerprint density at radius 1 is 1.26 bits per heavy atom. The number of carbonyl (C=O) groups is 1. The Labute approximate surface area is 184 Å². The predicted molar refractivity (Wildman–Crippen MR) is 118 cm³/mol. The molecule has 31 heavy (non-hydrogen) atoms. The molecule has 0 aliphatic carbocycles. The maximum Gasteiger partial charge on any atom is 0.323 e. The van der Waals surface area contributed by atoms with Crippen molar-refractivity contribution in [1.82, 2.24) is 15.4 Å². The van der Waals surface area contributed by atoms with Gasteiger partial charge in [-0.05, 0) is 43.5 Å². The van der Waals surface area contributed by atoms with Crippen molar-refractivity contribution in [3.63, 3.8) is 0 Å². The zero-order chi connectivity index (χ0) is 21.6. The first kappa shape index (κ1) is 20.3. The van der Waals surface area contributed by atoms with E-state index in [-0.39, 0.29) is 17.8 Å². The summed E-state index contributed by atoms with van der Waals surface area (Å²) in [5, 5.41) is 8.72. The van der Waals surface area contributed by atoms with Crippen LogP contribution < -0.4 is 10.2 Å². The number of urea groups is 1. The smallest absolute Gasteiger partial charge is 0.323 e. The normalized spacial score (nSPS) is 22.9. The van der Waals surface area contributed by atoms with Crippen LogP contribution in [0.4, 0.5) is 14.9 Å². The standard InChI is InChI=1S/C23H24ClFN4O2/c1-2-23(14-26-22(30)29(23)19-6-4-3-5-18(19)24)28-11-9-15(10-12-28)21-17-8-7-16(25)13-20(17)31-27-21/h3-8,13,15H,2,9-12,14H2,1H3,(H,26,30). The summed E-state index contributed by atoms with van der Waals surface area (Å²) in [5.41, 5.74) is 1.64. The molecule has 6 nitrogen and oxygen atoms in total. The SMILES string of the molecule is CCC1(N2CCC(c3noc4cc(F)ccc34)CC2)CNC(=O)N1c1ccccc1Cl. The molecule has 2 aliphatic heterocycles. The van der Waals surface area contributed by atoms with Crippen molar-refractivity contribution in [2.45, 2.75) is 37.8 Å². The van der Waals surface area contributed by atoms with Crippen LogP contribution in [0.15, 0.2) is 47.0 Å². The molecule has 2 fully saturated rings. The Hall–Kier alpha value is -2.64. The van der Waals surface area contributed by atoms with Crippen molar-refractivity contribution in [3.05, 3.63) is 59.0 Å². The van der Waals surface area contributed by atoms with Gasteiger partial charge in [0.05, 0.1) is 22.9 Å². The van der Waals surface area contributed by atoms with E-state index in [1.807, 2.05) is 29.2 Å². The number of anilines is 1. The van der Waals surface area contributed by atoms with Gasteiger partial charge in [0, 0.05) is 30.5 Å². The topological polar surface area (TPSA) is 61.6 Å². The minimum atomic E-state index is -0.470. The summed E-state index contributed by atoms with van der Waals surface area (Å²) in [7, 11) is 0. The summed E-state index contributed by atoms with van der Waals surface area (Å²) < 4.78 is 18.9. The minimum absolute atomic E-state index is 0.124. The molecule has 1 aromatic heterocycles. The Bertz CT molecular complexity index is 1130. The number of piperidine rings is 1. The van der Waals surface area contributed by atoms with Crippen LogP contribution in [0.5, 0.6) is 0 Å². The van der Waals surface area contributed by atoms with Crippen molar-refractivity contribution in [2.75, 3.05) is 24.5 Å². The van der Waals surface area contributed by atoms with E-state index in [1.165, 1.54) is 12.1 Å². The first-order valence-corrected chi connectivity index (χ1v) is 11.0. The van der Waals surface area contributed by atoms with Gasteiger partial charge < -0.3 is 9.84 Å². The Kier molecular flexibility index (Phi) is 5.10. The van der Waals surface area contributed by atoms with Gasteiger partial charge >= 0.3 is 6.03 Å². The molecular formula is C23H24ClFN4O2. The molecule has 2 amide bonds. The molecule has 1 unspecified atom stereocenters. The number of para-hydroxylation sites is 1. The Balaban J connectivity index is 1.40. The van der Waals surface area contributed by atoms with Gasteiger partial charge in [-0.3, -0.25) is 9.80 Å². The van der Waals surface area contributed by atoms with E-state index in [0.717, 1.165) is 49.1 Å². The number of fused-ring (bicyclic) bond motifs is 1. The molecule has 8 heteroatoms. The number of aromatic nitrogens is 1. The van der Waals surface area contributed by atoms with Gasteiger partial charge in [-0.25, -0.2) is 9.18 Å². The number of halogens is 2. The highest BCUT2D eigenvalue weighted by Gasteiger charge is 2.50. The summed E-state index contributed by atoms with van der Waals surface area (Å²) in [6.45, 7) is 4.27. The largest absolute Gasteiger partial charge is 0.356 e. The average molecular weight is 443 g/mol. The lowest BCUT2D eigenvalue weighted by Gasteiger charge is -2.48. The number of benzene rings is 2. The van der Waals surface area contributed by atoms with Gasteiger partial charge in [0.1, 0.15) is 11.5 Å². The molecule has 2 saturated heterocycles. The van der Waals surface area contributed by atoms with Crippen LogP contribution >= 0.6 is 11.6 Å². The number of nitrogens with zero attached hydrogens (tertiary/aromatic N) is 3. The maximum absolute atomic E-state index is 13.5. The van der Waals surface area contributed by atoms with Crippen molar-refractivity contribution >= 4 is 34.3 Å². The van der Waals surface area contributed by atoms with Gasteiger partial charge in [0.15, 0.2) is 5.58 Å². The van der Waals surface area contributed by atoms with E-state index in [0.29, 0.717) is 17.2 Å². The van der Waals surface area contributed by atoms with Crippen molar-refractivity contribution in [1.29, 1.82) is 0 Å².